The van der Waals surface area contributed by atoms with Crippen molar-refractivity contribution in [3.8, 4) is 0 Å². The third-order valence-corrected chi connectivity index (χ3v) is 5.33. The Morgan fingerprint density at radius 2 is 2.20 bits per heavy atom. The number of aliphatic hydroxyl groups is 1. The van der Waals surface area contributed by atoms with Gasteiger partial charge in [-0.15, -0.1) is 0 Å². The van der Waals surface area contributed by atoms with E-state index in [1.54, 1.807) is 18.2 Å². The monoisotopic (exact) mass is 381 g/mol. The number of aryl methyl sites for hydroxylation is 1. The van der Waals surface area contributed by atoms with Gasteiger partial charge in [-0.2, -0.15) is 0 Å². The number of pyridine rings is 1. The van der Waals surface area contributed by atoms with Crippen LogP contribution in [0, 0.1) is 6.92 Å². The summed E-state index contributed by atoms with van der Waals surface area (Å²) < 4.78 is 15.5. The van der Waals surface area contributed by atoms with Crippen LogP contribution in [0.3, 0.4) is 0 Å². The van der Waals surface area contributed by atoms with Gasteiger partial charge < -0.3 is 5.11 Å². The van der Waals surface area contributed by atoms with Gasteiger partial charge in [0.05, 0.1) is 11.8 Å². The zero-order valence-corrected chi connectivity index (χ0v) is 15.2. The third-order valence-electron chi connectivity index (χ3n) is 4.77. The van der Waals surface area contributed by atoms with Crippen molar-refractivity contribution in [3.63, 3.8) is 0 Å². The number of fused-ring (bicyclic) bond motifs is 1. The Hall–Kier alpha value is -1.49. The molecule has 0 amide bonds. The molecule has 25 heavy (non-hydrogen) atoms. The predicted octanol–water partition coefficient (Wildman–Crippen LogP) is 4.89. The summed E-state index contributed by atoms with van der Waals surface area (Å²) >= 11 is 12.2. The van der Waals surface area contributed by atoms with E-state index in [1.807, 2.05) is 6.92 Å². The first kappa shape index (κ1) is 18.3. The largest absolute Gasteiger partial charge is 0.387 e. The van der Waals surface area contributed by atoms with Crippen LogP contribution in [0.1, 0.15) is 47.8 Å². The van der Waals surface area contributed by atoms with Gasteiger partial charge in [0.1, 0.15) is 0 Å². The molecule has 1 N–H and O–H groups in total. The molecule has 0 spiro atoms. The number of nitrogens with zero attached hydrogens (tertiary/aromatic N) is 1. The summed E-state index contributed by atoms with van der Waals surface area (Å²) in [4.78, 5) is 16.8. The highest BCUT2D eigenvalue weighted by molar-refractivity contribution is 6.35. The van der Waals surface area contributed by atoms with Crippen LogP contribution in [0.5, 0.6) is 0 Å². The van der Waals surface area contributed by atoms with Crippen molar-refractivity contribution in [1.29, 1.82) is 0 Å². The number of carbonyl (C=O) groups excluding carboxylic acids is 1. The van der Waals surface area contributed by atoms with Crippen LogP contribution in [-0.2, 0) is 16.9 Å². The zero-order chi connectivity index (χ0) is 18.2. The molecule has 2 atom stereocenters. The fourth-order valence-corrected chi connectivity index (χ4v) is 4.09. The number of halogens is 3. The van der Waals surface area contributed by atoms with E-state index in [2.05, 4.69) is 4.98 Å². The van der Waals surface area contributed by atoms with Crippen LogP contribution >= 0.6 is 23.2 Å². The minimum atomic E-state index is -2.12. The van der Waals surface area contributed by atoms with Gasteiger partial charge in [-0.3, -0.25) is 9.78 Å². The molecule has 1 heterocycles. The highest BCUT2D eigenvalue weighted by Crippen LogP contribution is 2.43. The molecule has 6 heteroatoms. The Labute approximate surface area is 155 Å². The molecule has 0 saturated carbocycles. The van der Waals surface area contributed by atoms with Gasteiger partial charge in [-0.25, -0.2) is 4.39 Å². The maximum absolute atomic E-state index is 15.5. The molecule has 0 bridgehead atoms. The highest BCUT2D eigenvalue weighted by atomic mass is 35.5. The SMILES string of the molecule is Cc1cc(Cl)cc(Cl)c1CCC(=O)[C@]1(F)CC[C@@H](O)c2ncccc21. The first-order valence-electron chi connectivity index (χ1n) is 8.13. The Balaban J connectivity index is 1.84. The summed E-state index contributed by atoms with van der Waals surface area (Å²) in [6, 6.07) is 6.51. The van der Waals surface area contributed by atoms with Gasteiger partial charge >= 0.3 is 0 Å². The van der Waals surface area contributed by atoms with Crippen molar-refractivity contribution in [2.24, 2.45) is 0 Å². The number of ketones is 1. The molecule has 1 aliphatic rings. The number of hydrogen-bond donors (Lipinski definition) is 1. The number of benzene rings is 1. The van der Waals surface area contributed by atoms with Gasteiger partial charge in [0.15, 0.2) is 11.5 Å². The molecule has 2 aromatic rings. The first-order valence-corrected chi connectivity index (χ1v) is 8.88. The van der Waals surface area contributed by atoms with Crippen LogP contribution < -0.4 is 0 Å². The lowest BCUT2D eigenvalue weighted by atomic mass is 9.77. The van der Waals surface area contributed by atoms with E-state index in [0.29, 0.717) is 16.5 Å². The Morgan fingerprint density at radius 3 is 2.92 bits per heavy atom. The topological polar surface area (TPSA) is 50.2 Å². The number of rotatable bonds is 4. The van der Waals surface area contributed by atoms with E-state index in [4.69, 9.17) is 23.2 Å². The highest BCUT2D eigenvalue weighted by Gasteiger charge is 2.45. The molecule has 0 aliphatic heterocycles. The molecule has 3 nitrogen and oxygen atoms in total. The molecular weight excluding hydrogens is 364 g/mol. The second-order valence-corrected chi connectivity index (χ2v) is 7.24. The van der Waals surface area contributed by atoms with Gasteiger partial charge in [0, 0.05) is 28.2 Å². The number of hydrogen-bond acceptors (Lipinski definition) is 3. The number of aromatic nitrogens is 1. The van der Waals surface area contributed by atoms with E-state index in [0.717, 1.165) is 11.1 Å². The molecule has 3 rings (SSSR count). The molecule has 1 aromatic heterocycles. The van der Waals surface area contributed by atoms with E-state index in [1.165, 1.54) is 12.3 Å². The van der Waals surface area contributed by atoms with Crippen molar-refractivity contribution in [2.75, 3.05) is 0 Å². The predicted molar refractivity (Wildman–Crippen MR) is 95.7 cm³/mol. The smallest absolute Gasteiger partial charge is 0.195 e. The number of alkyl halides is 1. The van der Waals surface area contributed by atoms with Crippen LogP contribution in [0.4, 0.5) is 4.39 Å². The molecule has 0 unspecified atom stereocenters. The maximum Gasteiger partial charge on any atom is 0.195 e. The van der Waals surface area contributed by atoms with Gasteiger partial charge in [0.2, 0.25) is 0 Å². The van der Waals surface area contributed by atoms with E-state index >= 15 is 4.39 Å². The van der Waals surface area contributed by atoms with Crippen molar-refractivity contribution in [3.05, 3.63) is 62.9 Å². The summed E-state index contributed by atoms with van der Waals surface area (Å²) in [5.74, 6) is -0.515. The van der Waals surface area contributed by atoms with E-state index in [9.17, 15) is 9.90 Å². The second-order valence-electron chi connectivity index (χ2n) is 6.40. The quantitative estimate of drug-likeness (QED) is 0.819. The van der Waals surface area contributed by atoms with Crippen LogP contribution in [0.25, 0.3) is 0 Å². The Bertz CT molecular complexity index is 804. The minimum Gasteiger partial charge on any atom is -0.387 e. The van der Waals surface area contributed by atoms with Gasteiger partial charge in [0.25, 0.3) is 0 Å². The normalized spacial score (nSPS) is 22.5. The Kier molecular flexibility index (Phi) is 5.14. The van der Waals surface area contributed by atoms with Gasteiger partial charge in [-0.05, 0) is 55.5 Å². The standard InChI is InChI=1S/C19H18Cl2FNO2/c1-11-9-12(20)10-15(21)13(11)4-5-17(25)19(22)7-6-16(24)18-14(19)3-2-8-23-18/h2-3,8-10,16,24H,4-7H2,1H3/t16-,19+/m1/s1. The molecular formula is C19H18Cl2FNO2. The fraction of sp³-hybridized carbons (Fsp3) is 0.368. The van der Waals surface area contributed by atoms with Crippen LogP contribution in [0.2, 0.25) is 10.0 Å². The third kappa shape index (κ3) is 3.43. The summed E-state index contributed by atoms with van der Waals surface area (Å²) in [5, 5.41) is 11.0. The van der Waals surface area contributed by atoms with Crippen LogP contribution in [0.15, 0.2) is 30.5 Å². The second kappa shape index (κ2) is 7.02. The lowest BCUT2D eigenvalue weighted by Crippen LogP contribution is -2.37. The van der Waals surface area contributed by atoms with E-state index < -0.39 is 17.6 Å². The molecule has 1 aliphatic carbocycles. The molecule has 0 radical (unpaired) electrons. The fourth-order valence-electron chi connectivity index (χ4n) is 3.40. The first-order chi connectivity index (χ1) is 11.8. The summed E-state index contributed by atoms with van der Waals surface area (Å²) in [6.45, 7) is 1.86. The molecule has 0 saturated heterocycles. The van der Waals surface area contributed by atoms with Crippen molar-refractivity contribution in [2.45, 2.75) is 44.4 Å². The Morgan fingerprint density at radius 1 is 1.44 bits per heavy atom. The summed E-state index contributed by atoms with van der Waals surface area (Å²) in [5.41, 5.74) is -0.0112. The average molecular weight is 382 g/mol. The lowest BCUT2D eigenvalue weighted by molar-refractivity contribution is -0.133. The molecule has 1 aromatic carbocycles. The summed E-state index contributed by atoms with van der Waals surface area (Å²) in [7, 11) is 0. The number of carbonyl (C=O) groups is 1. The van der Waals surface area contributed by atoms with Crippen molar-refractivity contribution < 1.29 is 14.3 Å². The van der Waals surface area contributed by atoms with Crippen molar-refractivity contribution in [1.82, 2.24) is 4.98 Å². The number of Topliss-reactive ketones (excluding diaryl/α,β-unsaturated/α-hetero) is 1. The van der Waals surface area contributed by atoms with E-state index in [-0.39, 0.29) is 30.5 Å². The van der Waals surface area contributed by atoms with Crippen molar-refractivity contribution >= 4 is 29.0 Å². The zero-order valence-electron chi connectivity index (χ0n) is 13.7. The maximum atomic E-state index is 15.5. The minimum absolute atomic E-state index is 0.0170. The van der Waals surface area contributed by atoms with Gasteiger partial charge in [-0.1, -0.05) is 29.3 Å². The number of aliphatic hydroxyl groups excluding tert-OH is 1. The average Bonchev–Trinajstić information content (AvgIpc) is 2.57. The molecule has 0 fully saturated rings. The summed E-state index contributed by atoms with van der Waals surface area (Å²) in [6.07, 6.45) is 1.15. The lowest BCUT2D eigenvalue weighted by Gasteiger charge is -2.32. The molecule has 132 valence electrons. The van der Waals surface area contributed by atoms with Crippen LogP contribution in [-0.4, -0.2) is 15.9 Å².